The zero-order valence-corrected chi connectivity index (χ0v) is 11.1. The van der Waals surface area contributed by atoms with Crippen molar-refractivity contribution in [2.75, 3.05) is 19.7 Å². The molecule has 0 aromatic carbocycles. The molecule has 0 bridgehead atoms. The molecule has 100 valence electrons. The van der Waals surface area contributed by atoms with Gasteiger partial charge in [-0.3, -0.25) is 0 Å². The fraction of sp³-hybridized carbons (Fsp3) is 0.846. The molecule has 0 amide bonds. The van der Waals surface area contributed by atoms with E-state index in [1.807, 2.05) is 0 Å². The maximum absolute atomic E-state index is 5.61. The second-order valence-corrected chi connectivity index (χ2v) is 5.70. The first-order valence-corrected chi connectivity index (χ1v) is 6.89. The zero-order valence-electron chi connectivity index (χ0n) is 11.1. The van der Waals surface area contributed by atoms with Gasteiger partial charge in [0.1, 0.15) is 6.10 Å². The lowest BCUT2D eigenvalue weighted by Gasteiger charge is -2.28. The topological polar surface area (TPSA) is 60.2 Å². The normalized spacial score (nSPS) is 32.5. The van der Waals surface area contributed by atoms with Crippen LogP contribution in [0.2, 0.25) is 0 Å². The van der Waals surface area contributed by atoms with E-state index in [1.54, 1.807) is 0 Å². The van der Waals surface area contributed by atoms with E-state index in [4.69, 9.17) is 9.26 Å². The summed E-state index contributed by atoms with van der Waals surface area (Å²) in [5.41, 5.74) is 0.00382. The van der Waals surface area contributed by atoms with E-state index in [0.717, 1.165) is 50.7 Å². The summed E-state index contributed by atoms with van der Waals surface area (Å²) in [6.45, 7) is 7.21. The SMILES string of the molecule is CC(C)C1(c2nc(C3CCCO3)no2)CCNC1. The Bertz CT molecular complexity index is 404. The van der Waals surface area contributed by atoms with Crippen molar-refractivity contribution in [1.82, 2.24) is 15.5 Å². The predicted molar refractivity (Wildman–Crippen MR) is 66.2 cm³/mol. The minimum Gasteiger partial charge on any atom is -0.370 e. The number of hydrogen-bond donors (Lipinski definition) is 1. The van der Waals surface area contributed by atoms with Gasteiger partial charge in [0.2, 0.25) is 11.7 Å². The molecule has 2 aliphatic heterocycles. The van der Waals surface area contributed by atoms with Crippen LogP contribution in [0.15, 0.2) is 4.52 Å². The molecule has 2 saturated heterocycles. The molecule has 5 heteroatoms. The third-order valence-corrected chi connectivity index (χ3v) is 4.38. The highest BCUT2D eigenvalue weighted by molar-refractivity contribution is 5.12. The third kappa shape index (κ3) is 1.86. The van der Waals surface area contributed by atoms with E-state index in [0.29, 0.717) is 5.92 Å². The molecule has 1 aromatic rings. The van der Waals surface area contributed by atoms with E-state index in [-0.39, 0.29) is 11.5 Å². The van der Waals surface area contributed by atoms with Crippen LogP contribution in [0.25, 0.3) is 0 Å². The quantitative estimate of drug-likeness (QED) is 0.887. The first-order valence-electron chi connectivity index (χ1n) is 6.89. The Balaban J connectivity index is 1.86. The lowest BCUT2D eigenvalue weighted by atomic mass is 9.76. The lowest BCUT2D eigenvalue weighted by Crippen LogP contribution is -2.35. The number of aromatic nitrogens is 2. The minimum absolute atomic E-state index is 0.00382. The van der Waals surface area contributed by atoms with Crippen molar-refractivity contribution in [3.8, 4) is 0 Å². The molecule has 0 saturated carbocycles. The Morgan fingerprint density at radius 1 is 1.44 bits per heavy atom. The van der Waals surface area contributed by atoms with Crippen LogP contribution in [0.5, 0.6) is 0 Å². The number of nitrogens with zero attached hydrogens (tertiary/aromatic N) is 2. The molecule has 0 aliphatic carbocycles. The summed E-state index contributed by atoms with van der Waals surface area (Å²) < 4.78 is 11.2. The van der Waals surface area contributed by atoms with Crippen LogP contribution in [-0.2, 0) is 10.2 Å². The van der Waals surface area contributed by atoms with Gasteiger partial charge in [-0.25, -0.2) is 0 Å². The van der Waals surface area contributed by atoms with Gasteiger partial charge >= 0.3 is 0 Å². The van der Waals surface area contributed by atoms with Gasteiger partial charge in [0, 0.05) is 13.2 Å². The van der Waals surface area contributed by atoms with Crippen LogP contribution < -0.4 is 5.32 Å². The molecule has 1 N–H and O–H groups in total. The van der Waals surface area contributed by atoms with Crippen molar-refractivity contribution in [3.05, 3.63) is 11.7 Å². The number of nitrogens with one attached hydrogen (secondary N) is 1. The van der Waals surface area contributed by atoms with E-state index < -0.39 is 0 Å². The highest BCUT2D eigenvalue weighted by Gasteiger charge is 2.44. The molecule has 2 aliphatic rings. The summed E-state index contributed by atoms with van der Waals surface area (Å²) >= 11 is 0. The third-order valence-electron chi connectivity index (χ3n) is 4.38. The Kier molecular flexibility index (Phi) is 3.11. The maximum atomic E-state index is 5.61. The molecule has 3 rings (SSSR count). The average molecular weight is 251 g/mol. The Morgan fingerprint density at radius 2 is 2.33 bits per heavy atom. The Labute approximate surface area is 107 Å². The van der Waals surface area contributed by atoms with E-state index in [9.17, 15) is 0 Å². The number of ether oxygens (including phenoxy) is 1. The summed E-state index contributed by atoms with van der Waals surface area (Å²) in [6.07, 6.45) is 3.20. The Hall–Kier alpha value is -0.940. The van der Waals surface area contributed by atoms with E-state index in [2.05, 4.69) is 29.3 Å². The number of hydrogen-bond acceptors (Lipinski definition) is 5. The molecule has 3 heterocycles. The molecule has 2 unspecified atom stereocenters. The predicted octanol–water partition coefficient (Wildman–Crippen LogP) is 1.81. The average Bonchev–Trinajstić information content (AvgIpc) is 3.11. The fourth-order valence-corrected chi connectivity index (χ4v) is 2.98. The molecule has 0 spiro atoms. The van der Waals surface area contributed by atoms with Crippen LogP contribution in [0, 0.1) is 5.92 Å². The van der Waals surface area contributed by atoms with Crippen LogP contribution in [-0.4, -0.2) is 29.8 Å². The van der Waals surface area contributed by atoms with Crippen molar-refractivity contribution in [2.45, 2.75) is 44.6 Å². The molecule has 5 nitrogen and oxygen atoms in total. The van der Waals surface area contributed by atoms with Crippen molar-refractivity contribution >= 4 is 0 Å². The highest BCUT2D eigenvalue weighted by Crippen LogP contribution is 2.38. The summed E-state index contributed by atoms with van der Waals surface area (Å²) in [5.74, 6) is 2.01. The molecule has 2 fully saturated rings. The van der Waals surface area contributed by atoms with Crippen molar-refractivity contribution in [3.63, 3.8) is 0 Å². The molecule has 2 atom stereocenters. The summed E-state index contributed by atoms with van der Waals surface area (Å²) in [7, 11) is 0. The highest BCUT2D eigenvalue weighted by atomic mass is 16.5. The smallest absolute Gasteiger partial charge is 0.234 e. The van der Waals surface area contributed by atoms with Crippen molar-refractivity contribution in [2.24, 2.45) is 5.92 Å². The van der Waals surface area contributed by atoms with E-state index >= 15 is 0 Å². The molecule has 18 heavy (non-hydrogen) atoms. The Morgan fingerprint density at radius 3 is 2.94 bits per heavy atom. The van der Waals surface area contributed by atoms with Crippen molar-refractivity contribution < 1.29 is 9.26 Å². The van der Waals surface area contributed by atoms with Crippen LogP contribution in [0.1, 0.15) is 50.9 Å². The molecule has 1 aromatic heterocycles. The first-order chi connectivity index (χ1) is 8.72. The lowest BCUT2D eigenvalue weighted by molar-refractivity contribution is 0.103. The van der Waals surface area contributed by atoms with Gasteiger partial charge in [0.05, 0.1) is 5.41 Å². The molecule has 0 radical (unpaired) electrons. The van der Waals surface area contributed by atoms with Gasteiger partial charge in [-0.05, 0) is 31.7 Å². The second kappa shape index (κ2) is 4.63. The van der Waals surface area contributed by atoms with Gasteiger partial charge in [-0.1, -0.05) is 19.0 Å². The van der Waals surface area contributed by atoms with E-state index in [1.165, 1.54) is 0 Å². The van der Waals surface area contributed by atoms with Gasteiger partial charge in [0.25, 0.3) is 0 Å². The molecular weight excluding hydrogens is 230 g/mol. The first kappa shape index (κ1) is 12.1. The van der Waals surface area contributed by atoms with Crippen LogP contribution in [0.3, 0.4) is 0 Å². The van der Waals surface area contributed by atoms with Crippen LogP contribution >= 0.6 is 0 Å². The zero-order chi connectivity index (χ0) is 12.6. The largest absolute Gasteiger partial charge is 0.370 e. The maximum Gasteiger partial charge on any atom is 0.234 e. The monoisotopic (exact) mass is 251 g/mol. The van der Waals surface area contributed by atoms with Gasteiger partial charge in [-0.15, -0.1) is 0 Å². The van der Waals surface area contributed by atoms with Gasteiger partial charge < -0.3 is 14.6 Å². The summed E-state index contributed by atoms with van der Waals surface area (Å²) in [4.78, 5) is 4.62. The minimum atomic E-state index is 0.00382. The van der Waals surface area contributed by atoms with Gasteiger partial charge in [0.15, 0.2) is 0 Å². The molecular formula is C13H21N3O2. The second-order valence-electron chi connectivity index (χ2n) is 5.70. The summed E-state index contributed by atoms with van der Waals surface area (Å²) in [5, 5.41) is 7.54. The standard InChI is InChI=1S/C13H21N3O2/c1-9(2)13(5-6-14-8-13)12-15-11(16-18-12)10-4-3-7-17-10/h9-10,14H,3-8H2,1-2H3. The van der Waals surface area contributed by atoms with Gasteiger partial charge in [-0.2, -0.15) is 4.98 Å². The summed E-state index contributed by atoms with van der Waals surface area (Å²) in [6, 6.07) is 0. The fourth-order valence-electron chi connectivity index (χ4n) is 2.98. The number of rotatable bonds is 3. The van der Waals surface area contributed by atoms with Crippen LogP contribution in [0.4, 0.5) is 0 Å². The van der Waals surface area contributed by atoms with Crippen molar-refractivity contribution in [1.29, 1.82) is 0 Å².